The molecule has 0 saturated carbocycles. The predicted molar refractivity (Wildman–Crippen MR) is 59.3 cm³/mol. The van der Waals surface area contributed by atoms with E-state index in [-0.39, 0.29) is 0 Å². The lowest BCUT2D eigenvalue weighted by Gasteiger charge is -2.05. The third-order valence-electron chi connectivity index (χ3n) is 2.68. The molecule has 78 valence electrons. The monoisotopic (exact) mass is 203 g/mol. The molecule has 0 aliphatic rings. The second kappa shape index (κ2) is 3.42. The lowest BCUT2D eigenvalue weighted by molar-refractivity contribution is 0.0697. The molecule has 3 nitrogen and oxygen atoms in total. The van der Waals surface area contributed by atoms with E-state index in [4.69, 9.17) is 5.11 Å². The Morgan fingerprint density at radius 3 is 2.80 bits per heavy atom. The summed E-state index contributed by atoms with van der Waals surface area (Å²) in [6, 6.07) is 5.42. The molecule has 0 spiro atoms. The number of carboxylic acids is 1. The Bertz CT molecular complexity index is 526. The number of aromatic nitrogens is 1. The van der Waals surface area contributed by atoms with Crippen LogP contribution in [0, 0.1) is 0 Å². The topological polar surface area (TPSA) is 42.2 Å². The SMILES string of the molecule is CCc1cc(C(=O)O)cc2ccn(C)c12. The number of aromatic carboxylic acids is 1. The van der Waals surface area contributed by atoms with Gasteiger partial charge in [0.1, 0.15) is 0 Å². The van der Waals surface area contributed by atoms with Crippen LogP contribution in [-0.2, 0) is 13.5 Å². The fourth-order valence-corrected chi connectivity index (χ4v) is 1.94. The number of hydrogen-bond acceptors (Lipinski definition) is 1. The zero-order valence-electron chi connectivity index (χ0n) is 8.82. The van der Waals surface area contributed by atoms with Crippen LogP contribution in [0.3, 0.4) is 0 Å². The third kappa shape index (κ3) is 1.50. The minimum absolute atomic E-state index is 0.366. The van der Waals surface area contributed by atoms with Crippen molar-refractivity contribution in [2.45, 2.75) is 13.3 Å². The van der Waals surface area contributed by atoms with Crippen LogP contribution < -0.4 is 0 Å². The number of carbonyl (C=O) groups is 1. The summed E-state index contributed by atoms with van der Waals surface area (Å²) in [6.45, 7) is 2.04. The van der Waals surface area contributed by atoms with Crippen molar-refractivity contribution >= 4 is 16.9 Å². The summed E-state index contributed by atoms with van der Waals surface area (Å²) >= 11 is 0. The van der Waals surface area contributed by atoms with Crippen LogP contribution in [0.2, 0.25) is 0 Å². The highest BCUT2D eigenvalue weighted by molar-refractivity contribution is 5.95. The molecule has 0 unspecified atom stereocenters. The minimum Gasteiger partial charge on any atom is -0.478 e. The van der Waals surface area contributed by atoms with E-state index >= 15 is 0 Å². The van der Waals surface area contributed by atoms with Gasteiger partial charge in [-0.05, 0) is 30.2 Å². The van der Waals surface area contributed by atoms with Gasteiger partial charge in [0, 0.05) is 18.6 Å². The molecule has 0 fully saturated rings. The van der Waals surface area contributed by atoms with Crippen molar-refractivity contribution < 1.29 is 9.90 Å². The molecule has 0 saturated heterocycles. The fraction of sp³-hybridized carbons (Fsp3) is 0.250. The average molecular weight is 203 g/mol. The summed E-state index contributed by atoms with van der Waals surface area (Å²) < 4.78 is 2.03. The molecule has 1 aromatic carbocycles. The Labute approximate surface area is 87.9 Å². The van der Waals surface area contributed by atoms with E-state index < -0.39 is 5.97 Å². The first-order valence-electron chi connectivity index (χ1n) is 4.94. The number of aryl methyl sites for hydroxylation is 2. The van der Waals surface area contributed by atoms with Gasteiger partial charge in [-0.1, -0.05) is 6.92 Å². The van der Waals surface area contributed by atoms with Crippen molar-refractivity contribution in [1.29, 1.82) is 0 Å². The molecule has 1 aromatic heterocycles. The molecular formula is C12H13NO2. The molecule has 15 heavy (non-hydrogen) atoms. The first-order chi connectivity index (χ1) is 7.13. The average Bonchev–Trinajstić information content (AvgIpc) is 2.59. The smallest absolute Gasteiger partial charge is 0.335 e. The van der Waals surface area contributed by atoms with Crippen LogP contribution >= 0.6 is 0 Å². The Hall–Kier alpha value is -1.77. The van der Waals surface area contributed by atoms with E-state index in [0.29, 0.717) is 5.56 Å². The van der Waals surface area contributed by atoms with E-state index in [1.165, 1.54) is 0 Å². The van der Waals surface area contributed by atoms with E-state index in [9.17, 15) is 4.79 Å². The van der Waals surface area contributed by atoms with Crippen LogP contribution in [0.25, 0.3) is 10.9 Å². The molecular weight excluding hydrogens is 190 g/mol. The Kier molecular flexibility index (Phi) is 2.23. The molecule has 0 radical (unpaired) electrons. The molecule has 1 N–H and O–H groups in total. The molecule has 3 heteroatoms. The van der Waals surface area contributed by atoms with Gasteiger partial charge >= 0.3 is 5.97 Å². The maximum atomic E-state index is 10.9. The van der Waals surface area contributed by atoms with E-state index in [2.05, 4.69) is 0 Å². The number of nitrogens with zero attached hydrogens (tertiary/aromatic N) is 1. The van der Waals surface area contributed by atoms with Crippen molar-refractivity contribution in [3.05, 3.63) is 35.5 Å². The van der Waals surface area contributed by atoms with E-state index in [1.54, 1.807) is 12.1 Å². The zero-order chi connectivity index (χ0) is 11.0. The first-order valence-corrected chi connectivity index (χ1v) is 4.94. The number of fused-ring (bicyclic) bond motifs is 1. The van der Waals surface area contributed by atoms with Gasteiger partial charge in [0.2, 0.25) is 0 Å². The van der Waals surface area contributed by atoms with Crippen LogP contribution in [0.1, 0.15) is 22.8 Å². The van der Waals surface area contributed by atoms with Gasteiger partial charge in [0.25, 0.3) is 0 Å². The largest absolute Gasteiger partial charge is 0.478 e. The van der Waals surface area contributed by atoms with E-state index in [0.717, 1.165) is 22.9 Å². The molecule has 1 heterocycles. The van der Waals surface area contributed by atoms with Crippen LogP contribution in [0.15, 0.2) is 24.4 Å². The van der Waals surface area contributed by atoms with Gasteiger partial charge in [-0.2, -0.15) is 0 Å². The lowest BCUT2D eigenvalue weighted by atomic mass is 10.0. The molecule has 0 atom stereocenters. The fourth-order valence-electron chi connectivity index (χ4n) is 1.94. The maximum Gasteiger partial charge on any atom is 0.335 e. The maximum absolute atomic E-state index is 10.9. The summed E-state index contributed by atoms with van der Waals surface area (Å²) in [5, 5.41) is 9.96. The predicted octanol–water partition coefficient (Wildman–Crippen LogP) is 2.44. The number of rotatable bonds is 2. The number of benzene rings is 1. The van der Waals surface area contributed by atoms with Gasteiger partial charge in [0.15, 0.2) is 0 Å². The first kappa shape index (κ1) is 9.77. The van der Waals surface area contributed by atoms with Gasteiger partial charge in [-0.25, -0.2) is 4.79 Å². The molecule has 0 aliphatic heterocycles. The quantitative estimate of drug-likeness (QED) is 0.814. The van der Waals surface area contributed by atoms with Gasteiger partial charge < -0.3 is 9.67 Å². The normalized spacial score (nSPS) is 10.8. The third-order valence-corrected chi connectivity index (χ3v) is 2.68. The minimum atomic E-state index is -0.865. The summed E-state index contributed by atoms with van der Waals surface area (Å²) in [6.07, 6.45) is 2.80. The van der Waals surface area contributed by atoms with Crippen molar-refractivity contribution in [3.63, 3.8) is 0 Å². The van der Waals surface area contributed by atoms with E-state index in [1.807, 2.05) is 30.8 Å². The summed E-state index contributed by atoms with van der Waals surface area (Å²) in [5.41, 5.74) is 2.57. The van der Waals surface area contributed by atoms with Crippen LogP contribution in [-0.4, -0.2) is 15.6 Å². The van der Waals surface area contributed by atoms with Crippen molar-refractivity contribution in [2.75, 3.05) is 0 Å². The molecule has 0 bridgehead atoms. The summed E-state index contributed by atoms with van der Waals surface area (Å²) in [4.78, 5) is 10.9. The highest BCUT2D eigenvalue weighted by Crippen LogP contribution is 2.22. The second-order valence-corrected chi connectivity index (χ2v) is 3.66. The second-order valence-electron chi connectivity index (χ2n) is 3.66. The van der Waals surface area contributed by atoms with Gasteiger partial charge in [-0.15, -0.1) is 0 Å². The molecule has 0 amide bonds. The Morgan fingerprint density at radius 2 is 2.20 bits per heavy atom. The molecule has 2 aromatic rings. The van der Waals surface area contributed by atoms with Crippen molar-refractivity contribution in [2.24, 2.45) is 7.05 Å². The Balaban J connectivity index is 2.79. The molecule has 0 aliphatic carbocycles. The lowest BCUT2D eigenvalue weighted by Crippen LogP contribution is -1.99. The van der Waals surface area contributed by atoms with Crippen LogP contribution in [0.4, 0.5) is 0 Å². The highest BCUT2D eigenvalue weighted by atomic mass is 16.4. The van der Waals surface area contributed by atoms with Crippen molar-refractivity contribution in [1.82, 2.24) is 4.57 Å². The highest BCUT2D eigenvalue weighted by Gasteiger charge is 2.09. The van der Waals surface area contributed by atoms with Crippen molar-refractivity contribution in [3.8, 4) is 0 Å². The zero-order valence-corrected chi connectivity index (χ0v) is 8.82. The summed E-state index contributed by atoms with van der Waals surface area (Å²) in [7, 11) is 1.97. The summed E-state index contributed by atoms with van der Waals surface area (Å²) in [5.74, 6) is -0.865. The number of carboxylic acid groups (broad SMARTS) is 1. The Morgan fingerprint density at radius 1 is 1.47 bits per heavy atom. The number of hydrogen-bond donors (Lipinski definition) is 1. The van der Waals surface area contributed by atoms with Crippen LogP contribution in [0.5, 0.6) is 0 Å². The standard InChI is InChI=1S/C12H13NO2/c1-3-8-6-10(12(14)15)7-9-4-5-13(2)11(8)9/h4-7H,3H2,1-2H3,(H,14,15). The molecule has 2 rings (SSSR count). The van der Waals surface area contributed by atoms with Gasteiger partial charge in [-0.3, -0.25) is 0 Å². The van der Waals surface area contributed by atoms with Gasteiger partial charge in [0.05, 0.1) is 11.1 Å².